The van der Waals surface area contributed by atoms with E-state index >= 15 is 0 Å². The molecule has 5 rings (SSSR count). The number of aromatic hydroxyl groups is 1. The maximum atomic E-state index is 13.6. The van der Waals surface area contributed by atoms with Crippen molar-refractivity contribution in [2.75, 3.05) is 17.1 Å². The number of carbonyl (C=O) groups is 2. The Kier molecular flexibility index (Phi) is 5.11. The summed E-state index contributed by atoms with van der Waals surface area (Å²) in [5, 5.41) is 11.7. The van der Waals surface area contributed by atoms with Crippen molar-refractivity contribution in [3.8, 4) is 11.5 Å². The second kappa shape index (κ2) is 7.96. The summed E-state index contributed by atoms with van der Waals surface area (Å²) in [6.45, 7) is 0. The fraction of sp³-hybridized carbons (Fsp3) is 0.167. The highest BCUT2D eigenvalue weighted by Crippen LogP contribution is 2.49. The first-order chi connectivity index (χ1) is 15.5. The number of phenols is 1. The zero-order valence-electron chi connectivity index (χ0n) is 17.0. The van der Waals surface area contributed by atoms with Crippen molar-refractivity contribution in [3.63, 3.8) is 0 Å². The summed E-state index contributed by atoms with van der Waals surface area (Å²) in [6.07, 6.45) is -0.973. The number of rotatable bonds is 4. The molecule has 8 heteroatoms. The minimum Gasteiger partial charge on any atom is -0.504 e. The minimum absolute atomic E-state index is 0.0124. The second-order valence-corrected chi connectivity index (χ2v) is 8.41. The molecule has 2 heterocycles. The minimum atomic E-state index is -0.973. The number of ether oxygens (including phenoxy) is 1. The van der Waals surface area contributed by atoms with E-state index in [-0.39, 0.29) is 17.4 Å². The number of hydroxylamine groups is 1. The number of imide groups is 1. The molecule has 2 fully saturated rings. The number of nitrogens with zero attached hydrogens (tertiary/aromatic N) is 2. The molecule has 1 N–H and O–H groups in total. The van der Waals surface area contributed by atoms with Crippen LogP contribution in [0.4, 0.5) is 11.4 Å². The van der Waals surface area contributed by atoms with Crippen LogP contribution in [0.2, 0.25) is 0 Å². The third kappa shape index (κ3) is 3.14. The number of para-hydroxylation sites is 2. The van der Waals surface area contributed by atoms with Gasteiger partial charge in [-0.25, -0.2) is 9.96 Å². The lowest BCUT2D eigenvalue weighted by molar-refractivity contribution is -0.126. The number of anilines is 2. The van der Waals surface area contributed by atoms with Crippen molar-refractivity contribution in [2.45, 2.75) is 12.1 Å². The molecule has 3 aromatic carbocycles. The summed E-state index contributed by atoms with van der Waals surface area (Å²) < 4.78 is 5.92. The fourth-order valence-electron chi connectivity index (χ4n) is 4.30. The van der Waals surface area contributed by atoms with Crippen LogP contribution in [-0.2, 0) is 14.4 Å². The van der Waals surface area contributed by atoms with Gasteiger partial charge in [0.15, 0.2) is 17.6 Å². The van der Waals surface area contributed by atoms with E-state index in [1.807, 2.05) is 36.4 Å². The molecular formula is C24H19BrN2O5. The number of halogens is 1. The van der Waals surface area contributed by atoms with Gasteiger partial charge < -0.3 is 9.84 Å². The molecule has 2 amide bonds. The zero-order chi connectivity index (χ0) is 22.4. The van der Waals surface area contributed by atoms with Crippen LogP contribution in [0, 0.1) is 5.92 Å². The standard InChI is InChI=1S/C24H19BrN2O5/c1-31-19-13-14(11-12-18(19)28)21-20-22(32-27(21)15-7-3-2-4-8-15)24(30)26(23(20)29)17-10-6-5-9-16(17)25/h2-13,20-22,28H,1H3. The van der Waals surface area contributed by atoms with Gasteiger partial charge in [0.25, 0.3) is 5.91 Å². The zero-order valence-corrected chi connectivity index (χ0v) is 18.6. The third-order valence-corrected chi connectivity index (χ3v) is 6.44. The predicted molar refractivity (Wildman–Crippen MR) is 121 cm³/mol. The molecule has 3 atom stereocenters. The van der Waals surface area contributed by atoms with Gasteiger partial charge in [0.1, 0.15) is 5.92 Å². The summed E-state index contributed by atoms with van der Waals surface area (Å²) in [5.74, 6) is -1.27. The lowest BCUT2D eigenvalue weighted by Crippen LogP contribution is -2.37. The van der Waals surface area contributed by atoms with Crippen molar-refractivity contribution in [3.05, 3.63) is 82.8 Å². The molecule has 0 spiro atoms. The maximum absolute atomic E-state index is 13.6. The first-order valence-electron chi connectivity index (χ1n) is 10.0. The van der Waals surface area contributed by atoms with Crippen LogP contribution in [0.15, 0.2) is 77.3 Å². The number of benzene rings is 3. The van der Waals surface area contributed by atoms with Crippen molar-refractivity contribution in [2.24, 2.45) is 5.92 Å². The van der Waals surface area contributed by atoms with E-state index in [0.29, 0.717) is 21.4 Å². The number of amides is 2. The van der Waals surface area contributed by atoms with E-state index in [4.69, 9.17) is 9.57 Å². The quantitative estimate of drug-likeness (QED) is 0.547. The van der Waals surface area contributed by atoms with E-state index in [0.717, 1.165) is 0 Å². The van der Waals surface area contributed by atoms with Gasteiger partial charge in [0, 0.05) is 4.47 Å². The number of methoxy groups -OCH3 is 1. The van der Waals surface area contributed by atoms with E-state index in [9.17, 15) is 14.7 Å². The lowest BCUT2D eigenvalue weighted by Gasteiger charge is -2.29. The Balaban J connectivity index is 1.62. The highest BCUT2D eigenvalue weighted by molar-refractivity contribution is 9.10. The average molecular weight is 495 g/mol. The van der Waals surface area contributed by atoms with Crippen LogP contribution in [0.5, 0.6) is 11.5 Å². The molecule has 3 aromatic rings. The topological polar surface area (TPSA) is 79.3 Å². The first-order valence-corrected chi connectivity index (χ1v) is 10.8. The number of hydrogen-bond acceptors (Lipinski definition) is 6. The summed E-state index contributed by atoms with van der Waals surface area (Å²) in [4.78, 5) is 34.3. The van der Waals surface area contributed by atoms with Crippen molar-refractivity contribution < 1.29 is 24.3 Å². The number of fused-ring (bicyclic) bond motifs is 1. The molecule has 2 aliphatic heterocycles. The molecule has 3 unspecified atom stereocenters. The predicted octanol–water partition coefficient (Wildman–Crippen LogP) is 4.21. The van der Waals surface area contributed by atoms with Gasteiger partial charge >= 0.3 is 0 Å². The molecule has 0 bridgehead atoms. The van der Waals surface area contributed by atoms with Crippen LogP contribution < -0.4 is 14.7 Å². The molecule has 0 radical (unpaired) electrons. The molecule has 2 aliphatic rings. The summed E-state index contributed by atoms with van der Waals surface area (Å²) in [6, 6.07) is 20.7. The van der Waals surface area contributed by atoms with Gasteiger partial charge in [-0.15, -0.1) is 0 Å². The normalized spacial score (nSPS) is 22.4. The van der Waals surface area contributed by atoms with Crippen LogP contribution in [0.1, 0.15) is 11.6 Å². The fourth-order valence-corrected chi connectivity index (χ4v) is 4.76. The Morgan fingerprint density at radius 1 is 0.969 bits per heavy atom. The molecule has 0 aliphatic carbocycles. The number of carbonyl (C=O) groups excluding carboxylic acids is 2. The van der Waals surface area contributed by atoms with Crippen molar-refractivity contribution in [1.29, 1.82) is 0 Å². The molecule has 32 heavy (non-hydrogen) atoms. The average Bonchev–Trinajstić information content (AvgIpc) is 3.31. The van der Waals surface area contributed by atoms with Gasteiger partial charge in [-0.1, -0.05) is 36.4 Å². The smallest absolute Gasteiger partial charge is 0.266 e. The second-order valence-electron chi connectivity index (χ2n) is 7.55. The highest BCUT2D eigenvalue weighted by atomic mass is 79.9. The van der Waals surface area contributed by atoms with Crippen LogP contribution in [0.25, 0.3) is 0 Å². The molecular weight excluding hydrogens is 476 g/mol. The van der Waals surface area contributed by atoms with Crippen LogP contribution in [0.3, 0.4) is 0 Å². The Hall–Kier alpha value is -3.36. The SMILES string of the molecule is COc1cc(C2C3C(=O)N(c4ccccc4Br)C(=O)C3ON2c2ccccc2)ccc1O. The van der Waals surface area contributed by atoms with Crippen molar-refractivity contribution >= 4 is 39.1 Å². The van der Waals surface area contributed by atoms with Gasteiger partial charge in [-0.05, 0) is 57.9 Å². The Bertz CT molecular complexity index is 1200. The van der Waals surface area contributed by atoms with E-state index in [2.05, 4.69) is 15.9 Å². The van der Waals surface area contributed by atoms with Crippen LogP contribution in [-0.4, -0.2) is 30.1 Å². The lowest BCUT2D eigenvalue weighted by atomic mass is 9.90. The molecule has 0 saturated carbocycles. The van der Waals surface area contributed by atoms with Crippen LogP contribution >= 0.6 is 15.9 Å². The van der Waals surface area contributed by atoms with Crippen molar-refractivity contribution in [1.82, 2.24) is 0 Å². The molecule has 0 aromatic heterocycles. The molecule has 7 nitrogen and oxygen atoms in total. The van der Waals surface area contributed by atoms with Gasteiger partial charge in [-0.3, -0.25) is 14.4 Å². The molecule has 2 saturated heterocycles. The largest absolute Gasteiger partial charge is 0.504 e. The highest BCUT2D eigenvalue weighted by Gasteiger charge is 2.60. The van der Waals surface area contributed by atoms with Gasteiger partial charge in [-0.2, -0.15) is 0 Å². The summed E-state index contributed by atoms with van der Waals surface area (Å²) >= 11 is 3.43. The molecule has 162 valence electrons. The van der Waals surface area contributed by atoms with E-state index in [1.165, 1.54) is 18.1 Å². The maximum Gasteiger partial charge on any atom is 0.266 e. The monoisotopic (exact) mass is 494 g/mol. The Morgan fingerprint density at radius 2 is 1.69 bits per heavy atom. The van der Waals surface area contributed by atoms with E-state index < -0.39 is 24.0 Å². The first kappa shape index (κ1) is 20.5. The van der Waals surface area contributed by atoms with Gasteiger partial charge in [0.2, 0.25) is 5.91 Å². The third-order valence-electron chi connectivity index (χ3n) is 5.76. The number of hydrogen-bond donors (Lipinski definition) is 1. The number of phenolic OH excluding ortho intramolecular Hbond substituents is 1. The Labute approximate surface area is 192 Å². The van der Waals surface area contributed by atoms with Gasteiger partial charge in [0.05, 0.1) is 24.5 Å². The summed E-state index contributed by atoms with van der Waals surface area (Å²) in [5.41, 5.74) is 1.88. The Morgan fingerprint density at radius 3 is 2.41 bits per heavy atom. The summed E-state index contributed by atoms with van der Waals surface area (Å²) in [7, 11) is 1.46. The van der Waals surface area contributed by atoms with E-state index in [1.54, 1.807) is 35.4 Å².